The predicted octanol–water partition coefficient (Wildman–Crippen LogP) is 3.02. The van der Waals surface area contributed by atoms with Crippen molar-refractivity contribution in [2.45, 2.75) is 12.8 Å². The van der Waals surface area contributed by atoms with Gasteiger partial charge in [0.2, 0.25) is 0 Å². The van der Waals surface area contributed by atoms with E-state index < -0.39 is 5.97 Å². The summed E-state index contributed by atoms with van der Waals surface area (Å²) in [5.41, 5.74) is 3.26. The summed E-state index contributed by atoms with van der Waals surface area (Å²) >= 11 is 0. The third kappa shape index (κ3) is 2.40. The summed E-state index contributed by atoms with van der Waals surface area (Å²) in [5.74, 6) is -0.0235. The van der Waals surface area contributed by atoms with Crippen LogP contribution in [0.2, 0.25) is 0 Å². The van der Waals surface area contributed by atoms with Crippen LogP contribution in [-0.2, 0) is 11.2 Å². The fourth-order valence-corrected chi connectivity index (χ4v) is 2.27. The van der Waals surface area contributed by atoms with Crippen LogP contribution < -0.4 is 0 Å². The lowest BCUT2D eigenvalue weighted by atomic mass is 10.1. The van der Waals surface area contributed by atoms with Crippen molar-refractivity contribution in [1.29, 1.82) is 0 Å². The minimum Gasteiger partial charge on any atom is -0.481 e. The Balaban J connectivity index is 1.95. The highest BCUT2D eigenvalue weighted by Gasteiger charge is 2.07. The minimum absolute atomic E-state index is 0.0968. The van der Waals surface area contributed by atoms with Gasteiger partial charge in [-0.25, -0.2) is 4.98 Å². The van der Waals surface area contributed by atoms with E-state index in [0.29, 0.717) is 6.42 Å². The smallest absolute Gasteiger partial charge is 0.303 e. The van der Waals surface area contributed by atoms with Gasteiger partial charge in [-0.05, 0) is 23.3 Å². The molecule has 100 valence electrons. The van der Waals surface area contributed by atoms with Crippen molar-refractivity contribution in [3.05, 3.63) is 60.7 Å². The summed E-state index contributed by atoms with van der Waals surface area (Å²) in [7, 11) is 0. The van der Waals surface area contributed by atoms with Gasteiger partial charge in [-0.15, -0.1) is 0 Å². The first-order valence-electron chi connectivity index (χ1n) is 6.47. The van der Waals surface area contributed by atoms with Gasteiger partial charge < -0.3 is 9.51 Å². The molecule has 20 heavy (non-hydrogen) atoms. The zero-order valence-corrected chi connectivity index (χ0v) is 10.9. The van der Waals surface area contributed by atoms with Gasteiger partial charge in [0.15, 0.2) is 0 Å². The van der Waals surface area contributed by atoms with Gasteiger partial charge in [0.25, 0.3) is 0 Å². The monoisotopic (exact) mass is 266 g/mol. The van der Waals surface area contributed by atoms with Crippen molar-refractivity contribution >= 4 is 11.5 Å². The molecule has 0 unspecified atom stereocenters. The lowest BCUT2D eigenvalue weighted by molar-refractivity contribution is -0.137. The van der Waals surface area contributed by atoms with Gasteiger partial charge in [0, 0.05) is 12.6 Å². The molecule has 0 radical (unpaired) electrons. The van der Waals surface area contributed by atoms with E-state index in [-0.39, 0.29) is 6.42 Å². The van der Waals surface area contributed by atoms with Crippen molar-refractivity contribution in [2.24, 2.45) is 0 Å². The van der Waals surface area contributed by atoms with Crippen LogP contribution in [0.5, 0.6) is 0 Å². The van der Waals surface area contributed by atoms with Crippen LogP contribution in [0.3, 0.4) is 0 Å². The molecule has 0 aliphatic rings. The molecule has 2 aromatic heterocycles. The average molecular weight is 266 g/mol. The van der Waals surface area contributed by atoms with Crippen molar-refractivity contribution in [3.8, 4) is 11.1 Å². The normalized spacial score (nSPS) is 10.8. The Kier molecular flexibility index (Phi) is 3.21. The molecule has 0 aliphatic heterocycles. The molecule has 0 fully saturated rings. The van der Waals surface area contributed by atoms with Gasteiger partial charge >= 0.3 is 5.97 Å². The Labute approximate surface area is 116 Å². The van der Waals surface area contributed by atoms with Crippen LogP contribution in [0, 0.1) is 0 Å². The van der Waals surface area contributed by atoms with E-state index in [9.17, 15) is 4.79 Å². The van der Waals surface area contributed by atoms with E-state index in [1.54, 1.807) is 6.20 Å². The zero-order chi connectivity index (χ0) is 13.9. The van der Waals surface area contributed by atoms with Gasteiger partial charge in [-0.2, -0.15) is 0 Å². The number of hydrogen-bond donors (Lipinski definition) is 1. The molecule has 0 atom stereocenters. The first-order chi connectivity index (χ1) is 9.74. The highest BCUT2D eigenvalue weighted by Crippen LogP contribution is 2.21. The maximum Gasteiger partial charge on any atom is 0.303 e. The summed E-state index contributed by atoms with van der Waals surface area (Å²) in [6.07, 6.45) is 4.26. The Bertz CT molecular complexity index is 748. The predicted molar refractivity (Wildman–Crippen MR) is 76.6 cm³/mol. The van der Waals surface area contributed by atoms with E-state index in [0.717, 1.165) is 22.5 Å². The van der Waals surface area contributed by atoms with Gasteiger partial charge in [0.05, 0.1) is 18.1 Å². The Morgan fingerprint density at radius 3 is 2.70 bits per heavy atom. The summed E-state index contributed by atoms with van der Waals surface area (Å²) in [6.45, 7) is 0. The van der Waals surface area contributed by atoms with E-state index in [2.05, 4.69) is 23.2 Å². The molecule has 0 amide bonds. The van der Waals surface area contributed by atoms with E-state index in [4.69, 9.17) is 5.11 Å². The molecule has 3 aromatic rings. The number of imidazole rings is 1. The topological polar surface area (TPSA) is 54.6 Å². The summed E-state index contributed by atoms with van der Waals surface area (Å²) in [6, 6.07) is 14.2. The number of carboxylic acid groups (broad SMARTS) is 1. The maximum absolute atomic E-state index is 10.6. The van der Waals surface area contributed by atoms with Crippen LogP contribution in [0.1, 0.15) is 12.2 Å². The molecule has 1 aromatic carbocycles. The molecule has 2 heterocycles. The van der Waals surface area contributed by atoms with Crippen molar-refractivity contribution in [1.82, 2.24) is 9.38 Å². The van der Waals surface area contributed by atoms with E-state index >= 15 is 0 Å². The second-order valence-corrected chi connectivity index (χ2v) is 4.64. The number of carboxylic acids is 1. The molecule has 3 rings (SSSR count). The number of nitrogens with zero attached hydrogens (tertiary/aromatic N) is 2. The van der Waals surface area contributed by atoms with E-state index in [1.165, 1.54) is 0 Å². The summed E-state index contributed by atoms with van der Waals surface area (Å²) < 4.78 is 1.94. The number of aryl methyl sites for hydroxylation is 1. The molecular weight excluding hydrogens is 252 g/mol. The molecule has 0 spiro atoms. The number of aliphatic carboxylic acids is 1. The number of aromatic nitrogens is 2. The van der Waals surface area contributed by atoms with Crippen LogP contribution in [0.4, 0.5) is 0 Å². The van der Waals surface area contributed by atoms with Crippen molar-refractivity contribution in [3.63, 3.8) is 0 Å². The Morgan fingerprint density at radius 1 is 1.15 bits per heavy atom. The molecular formula is C16H14N2O2. The average Bonchev–Trinajstić information content (AvgIpc) is 2.88. The lowest BCUT2D eigenvalue weighted by Crippen LogP contribution is -2.01. The molecule has 0 bridgehead atoms. The van der Waals surface area contributed by atoms with Gasteiger partial charge in [0.1, 0.15) is 5.82 Å². The second kappa shape index (κ2) is 5.17. The Hall–Kier alpha value is -2.62. The van der Waals surface area contributed by atoms with Crippen LogP contribution in [0.25, 0.3) is 16.6 Å². The number of carbonyl (C=O) groups is 1. The largest absolute Gasteiger partial charge is 0.481 e. The zero-order valence-electron chi connectivity index (χ0n) is 10.9. The molecule has 4 nitrogen and oxygen atoms in total. The lowest BCUT2D eigenvalue weighted by Gasteiger charge is -2.04. The number of rotatable bonds is 4. The molecule has 0 saturated heterocycles. The molecule has 0 saturated carbocycles. The maximum atomic E-state index is 10.6. The number of pyridine rings is 1. The first-order valence-corrected chi connectivity index (χ1v) is 6.47. The highest BCUT2D eigenvalue weighted by molar-refractivity contribution is 5.69. The first kappa shape index (κ1) is 12.4. The molecule has 0 aliphatic carbocycles. The third-order valence-corrected chi connectivity index (χ3v) is 3.28. The summed E-state index contributed by atoms with van der Waals surface area (Å²) in [5, 5.41) is 8.74. The molecule has 4 heteroatoms. The van der Waals surface area contributed by atoms with Gasteiger partial charge in [-0.3, -0.25) is 4.79 Å². The number of hydrogen-bond acceptors (Lipinski definition) is 2. The fraction of sp³-hybridized carbons (Fsp3) is 0.125. The standard InChI is InChI=1S/C16H14N2O2/c19-16(20)7-6-15-17-11-14-10-13(8-9-18(14)15)12-4-2-1-3-5-12/h1-5,8-11H,6-7H2,(H,19,20). The second-order valence-electron chi connectivity index (χ2n) is 4.64. The SMILES string of the molecule is O=C(O)CCc1ncc2cc(-c3ccccc3)ccn12. The van der Waals surface area contributed by atoms with Gasteiger partial charge in [-0.1, -0.05) is 30.3 Å². The number of benzene rings is 1. The minimum atomic E-state index is -0.803. The van der Waals surface area contributed by atoms with E-state index in [1.807, 2.05) is 34.9 Å². The van der Waals surface area contributed by atoms with Crippen LogP contribution in [-0.4, -0.2) is 20.5 Å². The quantitative estimate of drug-likeness (QED) is 0.789. The van der Waals surface area contributed by atoms with Crippen molar-refractivity contribution < 1.29 is 9.90 Å². The number of fused-ring (bicyclic) bond motifs is 1. The van der Waals surface area contributed by atoms with Crippen LogP contribution >= 0.6 is 0 Å². The molecule has 1 N–H and O–H groups in total. The van der Waals surface area contributed by atoms with Crippen molar-refractivity contribution in [2.75, 3.05) is 0 Å². The highest BCUT2D eigenvalue weighted by atomic mass is 16.4. The Morgan fingerprint density at radius 2 is 1.95 bits per heavy atom. The fourth-order valence-electron chi connectivity index (χ4n) is 2.27. The van der Waals surface area contributed by atoms with Crippen LogP contribution in [0.15, 0.2) is 54.9 Å². The third-order valence-electron chi connectivity index (χ3n) is 3.28. The summed E-state index contributed by atoms with van der Waals surface area (Å²) in [4.78, 5) is 14.9.